The Morgan fingerprint density at radius 2 is 2.24 bits per heavy atom. The van der Waals surface area contributed by atoms with Crippen LogP contribution in [0.25, 0.3) is 0 Å². The lowest BCUT2D eigenvalue weighted by Crippen LogP contribution is -2.59. The SMILES string of the molecule is CCOc1cccc(Cl)c1CN1CC(N2CCNC2=O)C1. The van der Waals surface area contributed by atoms with E-state index in [4.69, 9.17) is 16.3 Å². The van der Waals surface area contributed by atoms with E-state index in [9.17, 15) is 4.79 Å². The number of nitrogens with one attached hydrogen (secondary N) is 1. The van der Waals surface area contributed by atoms with E-state index < -0.39 is 0 Å². The number of halogens is 1. The van der Waals surface area contributed by atoms with Crippen LogP contribution in [0.2, 0.25) is 5.02 Å². The first-order chi connectivity index (χ1) is 10.2. The van der Waals surface area contributed by atoms with E-state index in [1.807, 2.05) is 30.0 Å². The van der Waals surface area contributed by atoms with Crippen LogP contribution in [0.3, 0.4) is 0 Å². The fourth-order valence-corrected chi connectivity index (χ4v) is 3.14. The van der Waals surface area contributed by atoms with Crippen molar-refractivity contribution in [3.05, 3.63) is 28.8 Å². The molecule has 0 aromatic heterocycles. The Bertz CT molecular complexity index is 532. The van der Waals surface area contributed by atoms with Gasteiger partial charge in [-0.15, -0.1) is 0 Å². The van der Waals surface area contributed by atoms with Gasteiger partial charge in [0, 0.05) is 43.3 Å². The first-order valence-electron chi connectivity index (χ1n) is 7.36. The smallest absolute Gasteiger partial charge is 0.317 e. The molecule has 0 atom stereocenters. The Balaban J connectivity index is 1.60. The van der Waals surface area contributed by atoms with Gasteiger partial charge in [-0.2, -0.15) is 0 Å². The molecular formula is C15H20ClN3O2. The minimum atomic E-state index is 0.0624. The van der Waals surface area contributed by atoms with Crippen LogP contribution in [0.4, 0.5) is 4.79 Å². The maximum atomic E-state index is 11.6. The predicted octanol–water partition coefficient (Wildman–Crippen LogP) is 1.95. The van der Waals surface area contributed by atoms with Crippen LogP contribution >= 0.6 is 11.6 Å². The first kappa shape index (κ1) is 14.5. The second-order valence-electron chi connectivity index (χ2n) is 5.42. The Kier molecular flexibility index (Phi) is 4.22. The summed E-state index contributed by atoms with van der Waals surface area (Å²) in [5.74, 6) is 0.854. The minimum Gasteiger partial charge on any atom is -0.493 e. The summed E-state index contributed by atoms with van der Waals surface area (Å²) in [5, 5.41) is 3.58. The number of benzene rings is 1. The highest BCUT2D eigenvalue weighted by Crippen LogP contribution is 2.30. The van der Waals surface area contributed by atoms with Gasteiger partial charge in [0.15, 0.2) is 0 Å². The molecule has 3 rings (SSSR count). The fourth-order valence-electron chi connectivity index (χ4n) is 2.91. The molecule has 0 bridgehead atoms. The van der Waals surface area contributed by atoms with Crippen molar-refractivity contribution in [3.63, 3.8) is 0 Å². The Morgan fingerprint density at radius 1 is 1.43 bits per heavy atom. The van der Waals surface area contributed by atoms with Crippen molar-refractivity contribution in [2.45, 2.75) is 19.5 Å². The molecule has 0 saturated carbocycles. The number of urea groups is 1. The van der Waals surface area contributed by atoms with Crippen LogP contribution in [-0.4, -0.2) is 54.7 Å². The van der Waals surface area contributed by atoms with Crippen LogP contribution in [0.1, 0.15) is 12.5 Å². The molecule has 6 heteroatoms. The molecule has 2 aliphatic rings. The third kappa shape index (κ3) is 2.94. The highest BCUT2D eigenvalue weighted by molar-refractivity contribution is 6.31. The maximum absolute atomic E-state index is 11.6. The number of likely N-dealkylation sites (tertiary alicyclic amines) is 1. The highest BCUT2D eigenvalue weighted by atomic mass is 35.5. The molecule has 1 N–H and O–H groups in total. The molecule has 0 radical (unpaired) electrons. The Labute approximate surface area is 129 Å². The molecule has 2 fully saturated rings. The van der Waals surface area contributed by atoms with Gasteiger partial charge in [-0.05, 0) is 19.1 Å². The van der Waals surface area contributed by atoms with E-state index in [2.05, 4.69) is 10.2 Å². The van der Waals surface area contributed by atoms with Crippen molar-refractivity contribution in [1.29, 1.82) is 0 Å². The average molecular weight is 310 g/mol. The number of nitrogens with zero attached hydrogens (tertiary/aromatic N) is 2. The molecule has 2 saturated heterocycles. The summed E-state index contributed by atoms with van der Waals surface area (Å²) < 4.78 is 5.65. The van der Waals surface area contributed by atoms with Gasteiger partial charge < -0.3 is 15.0 Å². The molecule has 114 valence electrons. The van der Waals surface area contributed by atoms with Gasteiger partial charge in [-0.1, -0.05) is 17.7 Å². The van der Waals surface area contributed by atoms with Crippen LogP contribution < -0.4 is 10.1 Å². The number of amides is 2. The van der Waals surface area contributed by atoms with Gasteiger partial charge in [-0.3, -0.25) is 4.90 Å². The lowest BCUT2D eigenvalue weighted by molar-refractivity contribution is 0.0581. The van der Waals surface area contributed by atoms with Crippen molar-refractivity contribution in [3.8, 4) is 5.75 Å². The third-order valence-electron chi connectivity index (χ3n) is 4.03. The Hall–Kier alpha value is -1.46. The van der Waals surface area contributed by atoms with Gasteiger partial charge in [-0.25, -0.2) is 4.79 Å². The molecule has 2 aliphatic heterocycles. The predicted molar refractivity (Wildman–Crippen MR) is 81.8 cm³/mol. The molecule has 21 heavy (non-hydrogen) atoms. The zero-order valence-corrected chi connectivity index (χ0v) is 12.9. The molecule has 1 aromatic carbocycles. The molecule has 1 aromatic rings. The summed E-state index contributed by atoms with van der Waals surface area (Å²) in [6.07, 6.45) is 0. The fraction of sp³-hybridized carbons (Fsp3) is 0.533. The van der Waals surface area contributed by atoms with Crippen molar-refractivity contribution >= 4 is 17.6 Å². The van der Waals surface area contributed by atoms with E-state index in [1.165, 1.54) is 0 Å². The van der Waals surface area contributed by atoms with Crippen molar-refractivity contribution in [1.82, 2.24) is 15.1 Å². The van der Waals surface area contributed by atoms with E-state index >= 15 is 0 Å². The lowest BCUT2D eigenvalue weighted by atomic mass is 10.1. The number of hydrogen-bond donors (Lipinski definition) is 1. The maximum Gasteiger partial charge on any atom is 0.317 e. The van der Waals surface area contributed by atoms with Gasteiger partial charge in [0.1, 0.15) is 5.75 Å². The van der Waals surface area contributed by atoms with Crippen LogP contribution in [0.15, 0.2) is 18.2 Å². The van der Waals surface area contributed by atoms with Crippen molar-refractivity contribution in [2.24, 2.45) is 0 Å². The lowest BCUT2D eigenvalue weighted by Gasteiger charge is -2.43. The Morgan fingerprint density at radius 3 is 2.90 bits per heavy atom. The number of rotatable bonds is 5. The molecule has 0 spiro atoms. The molecule has 2 amide bonds. The second-order valence-corrected chi connectivity index (χ2v) is 5.83. The van der Waals surface area contributed by atoms with Crippen molar-refractivity contribution < 1.29 is 9.53 Å². The van der Waals surface area contributed by atoms with Gasteiger partial charge in [0.25, 0.3) is 0 Å². The number of carbonyl (C=O) groups excluding carboxylic acids is 1. The van der Waals surface area contributed by atoms with Crippen LogP contribution in [0.5, 0.6) is 5.75 Å². The van der Waals surface area contributed by atoms with Crippen LogP contribution in [0, 0.1) is 0 Å². The zero-order chi connectivity index (χ0) is 14.8. The molecular weight excluding hydrogens is 290 g/mol. The molecule has 0 aliphatic carbocycles. The van der Waals surface area contributed by atoms with Gasteiger partial charge in [0.05, 0.1) is 12.6 Å². The molecule has 0 unspecified atom stereocenters. The van der Waals surface area contributed by atoms with E-state index in [0.29, 0.717) is 12.6 Å². The number of hydrogen-bond acceptors (Lipinski definition) is 3. The second kappa shape index (κ2) is 6.12. The van der Waals surface area contributed by atoms with E-state index in [0.717, 1.165) is 49.1 Å². The monoisotopic (exact) mass is 309 g/mol. The topological polar surface area (TPSA) is 44.8 Å². The third-order valence-corrected chi connectivity index (χ3v) is 4.38. The largest absolute Gasteiger partial charge is 0.493 e. The zero-order valence-electron chi connectivity index (χ0n) is 12.1. The molecule has 5 nitrogen and oxygen atoms in total. The summed E-state index contributed by atoms with van der Waals surface area (Å²) >= 11 is 6.30. The van der Waals surface area contributed by atoms with Gasteiger partial charge >= 0.3 is 6.03 Å². The average Bonchev–Trinajstić information content (AvgIpc) is 2.82. The van der Waals surface area contributed by atoms with Crippen molar-refractivity contribution in [2.75, 3.05) is 32.8 Å². The van der Waals surface area contributed by atoms with Crippen LogP contribution in [-0.2, 0) is 6.54 Å². The molecule has 2 heterocycles. The quantitative estimate of drug-likeness (QED) is 0.904. The summed E-state index contributed by atoms with van der Waals surface area (Å²) in [6, 6.07) is 6.14. The summed E-state index contributed by atoms with van der Waals surface area (Å²) in [4.78, 5) is 15.8. The summed E-state index contributed by atoms with van der Waals surface area (Å²) in [6.45, 7) is 6.72. The minimum absolute atomic E-state index is 0.0624. The first-order valence-corrected chi connectivity index (χ1v) is 7.74. The highest BCUT2D eigenvalue weighted by Gasteiger charge is 2.36. The van der Waals surface area contributed by atoms with E-state index in [-0.39, 0.29) is 6.03 Å². The standard InChI is InChI=1S/C15H20ClN3O2/c1-2-21-14-5-3-4-13(16)12(14)10-18-8-11(9-18)19-7-6-17-15(19)20/h3-5,11H,2,6-10H2,1H3,(H,17,20). The normalized spacial score (nSPS) is 19.5. The van der Waals surface area contributed by atoms with Gasteiger partial charge in [0.2, 0.25) is 0 Å². The summed E-state index contributed by atoms with van der Waals surface area (Å²) in [5.41, 5.74) is 1.03. The van der Waals surface area contributed by atoms with E-state index in [1.54, 1.807) is 0 Å². The number of carbonyl (C=O) groups is 1. The summed E-state index contributed by atoms with van der Waals surface area (Å²) in [7, 11) is 0. The number of ether oxygens (including phenoxy) is 1.